The fraction of sp³-hybridized carbons (Fsp3) is 0.462. The van der Waals surface area contributed by atoms with Gasteiger partial charge < -0.3 is 10.6 Å². The van der Waals surface area contributed by atoms with Crippen molar-refractivity contribution in [1.29, 1.82) is 5.26 Å². The molecule has 1 aromatic carbocycles. The number of nitrogens with one attached hydrogen (secondary N) is 2. The first-order chi connectivity index (χ1) is 8.29. The zero-order chi connectivity index (χ0) is 12.1. The minimum atomic E-state index is 0.508. The molecule has 1 aromatic rings. The van der Waals surface area contributed by atoms with E-state index in [1.807, 2.05) is 12.1 Å². The lowest BCUT2D eigenvalue weighted by atomic mass is 10.1. The maximum atomic E-state index is 8.78. The summed E-state index contributed by atoms with van der Waals surface area (Å²) in [4.78, 5) is 0. The molecule has 1 aliphatic heterocycles. The third-order valence-electron chi connectivity index (χ3n) is 3.05. The second kappa shape index (κ2) is 5.90. The Hall–Kier alpha value is -1.24. The van der Waals surface area contributed by atoms with Crippen LogP contribution in [0.3, 0.4) is 0 Å². The molecule has 0 spiro atoms. The smallest absolute Gasteiger partial charge is 0.101 e. The normalized spacial score (nSPS) is 19.6. The van der Waals surface area contributed by atoms with E-state index in [1.165, 1.54) is 19.3 Å². The van der Waals surface area contributed by atoms with Crippen LogP contribution in [-0.4, -0.2) is 19.1 Å². The number of anilines is 1. The molecule has 0 aromatic heterocycles. The molecule has 17 heavy (non-hydrogen) atoms. The molecular formula is C13H16ClN3. The summed E-state index contributed by atoms with van der Waals surface area (Å²) in [5, 5.41) is 16.1. The number of hydrogen-bond donors (Lipinski definition) is 2. The van der Waals surface area contributed by atoms with Crippen molar-refractivity contribution >= 4 is 17.3 Å². The molecule has 4 heteroatoms. The molecular weight excluding hydrogens is 234 g/mol. The Bertz CT molecular complexity index is 419. The van der Waals surface area contributed by atoms with Crippen LogP contribution in [-0.2, 0) is 0 Å². The highest BCUT2D eigenvalue weighted by atomic mass is 35.5. The molecule has 1 fully saturated rings. The molecule has 1 aliphatic rings. The van der Waals surface area contributed by atoms with E-state index in [-0.39, 0.29) is 0 Å². The highest BCUT2D eigenvalue weighted by molar-refractivity contribution is 6.32. The maximum absolute atomic E-state index is 8.78. The van der Waals surface area contributed by atoms with E-state index in [0.29, 0.717) is 16.6 Å². The molecule has 0 radical (unpaired) electrons. The molecule has 1 unspecified atom stereocenters. The highest BCUT2D eigenvalue weighted by Gasteiger charge is 2.11. The summed E-state index contributed by atoms with van der Waals surface area (Å²) in [5.74, 6) is 0. The third kappa shape index (κ3) is 3.36. The molecule has 1 heterocycles. The number of piperidine rings is 1. The summed E-state index contributed by atoms with van der Waals surface area (Å²) in [7, 11) is 0. The second-order valence-corrected chi connectivity index (χ2v) is 4.74. The van der Waals surface area contributed by atoms with Crippen LogP contribution in [0.15, 0.2) is 18.2 Å². The first-order valence-corrected chi connectivity index (χ1v) is 6.34. The van der Waals surface area contributed by atoms with Gasteiger partial charge >= 0.3 is 0 Å². The maximum Gasteiger partial charge on any atom is 0.101 e. The number of rotatable bonds is 3. The van der Waals surface area contributed by atoms with Crippen molar-refractivity contribution in [3.05, 3.63) is 28.8 Å². The Morgan fingerprint density at radius 1 is 1.47 bits per heavy atom. The van der Waals surface area contributed by atoms with Crippen LogP contribution >= 0.6 is 11.6 Å². The number of halogens is 1. The zero-order valence-corrected chi connectivity index (χ0v) is 10.4. The minimum Gasteiger partial charge on any atom is -0.383 e. The van der Waals surface area contributed by atoms with Crippen LogP contribution in [0, 0.1) is 11.3 Å². The molecule has 2 rings (SSSR count). The van der Waals surface area contributed by atoms with Crippen LogP contribution in [0.25, 0.3) is 0 Å². The molecule has 1 atom stereocenters. The number of hydrogen-bond acceptors (Lipinski definition) is 3. The van der Waals surface area contributed by atoms with E-state index in [1.54, 1.807) is 6.07 Å². The van der Waals surface area contributed by atoms with Gasteiger partial charge in [0.15, 0.2) is 0 Å². The van der Waals surface area contributed by atoms with Gasteiger partial charge in [0.1, 0.15) is 6.07 Å². The highest BCUT2D eigenvalue weighted by Crippen LogP contribution is 2.20. The summed E-state index contributed by atoms with van der Waals surface area (Å²) in [5.41, 5.74) is 1.49. The Balaban J connectivity index is 1.90. The third-order valence-corrected chi connectivity index (χ3v) is 3.37. The van der Waals surface area contributed by atoms with Gasteiger partial charge in [-0.25, -0.2) is 0 Å². The average molecular weight is 250 g/mol. The molecule has 0 bridgehead atoms. The second-order valence-electron chi connectivity index (χ2n) is 4.33. The number of nitrogens with zero attached hydrogens (tertiary/aromatic N) is 1. The predicted molar refractivity (Wildman–Crippen MR) is 70.3 cm³/mol. The van der Waals surface area contributed by atoms with Crippen LogP contribution in [0.5, 0.6) is 0 Å². The van der Waals surface area contributed by atoms with E-state index >= 15 is 0 Å². The standard InChI is InChI=1S/C13H16ClN3/c14-13-7-11(5-4-10(13)8-15)17-9-12-3-1-2-6-16-12/h4-5,7,12,16-17H,1-3,6,9H2. The Morgan fingerprint density at radius 2 is 2.35 bits per heavy atom. The number of benzene rings is 1. The van der Waals surface area contributed by atoms with Crippen molar-refractivity contribution in [1.82, 2.24) is 5.32 Å². The largest absolute Gasteiger partial charge is 0.383 e. The van der Waals surface area contributed by atoms with E-state index in [4.69, 9.17) is 16.9 Å². The quantitative estimate of drug-likeness (QED) is 0.866. The topological polar surface area (TPSA) is 47.9 Å². The van der Waals surface area contributed by atoms with Gasteiger partial charge in [0.05, 0.1) is 10.6 Å². The summed E-state index contributed by atoms with van der Waals surface area (Å²) >= 11 is 5.97. The van der Waals surface area contributed by atoms with Gasteiger partial charge in [0.2, 0.25) is 0 Å². The molecule has 1 saturated heterocycles. The lowest BCUT2D eigenvalue weighted by molar-refractivity contribution is 0.414. The molecule has 0 saturated carbocycles. The fourth-order valence-electron chi connectivity index (χ4n) is 2.06. The van der Waals surface area contributed by atoms with Crippen molar-refractivity contribution in [3.8, 4) is 6.07 Å². The van der Waals surface area contributed by atoms with Gasteiger partial charge in [-0.1, -0.05) is 18.0 Å². The molecule has 3 nitrogen and oxygen atoms in total. The Morgan fingerprint density at radius 3 is 3.00 bits per heavy atom. The van der Waals surface area contributed by atoms with Crippen LogP contribution in [0.1, 0.15) is 24.8 Å². The van der Waals surface area contributed by atoms with Crippen LogP contribution < -0.4 is 10.6 Å². The predicted octanol–water partition coefficient (Wildman–Crippen LogP) is 2.77. The van der Waals surface area contributed by atoms with E-state index in [9.17, 15) is 0 Å². The van der Waals surface area contributed by atoms with Gasteiger partial charge in [-0.15, -0.1) is 0 Å². The Labute approximate surface area is 107 Å². The average Bonchev–Trinajstić information content (AvgIpc) is 2.38. The van der Waals surface area contributed by atoms with Crippen molar-refractivity contribution in [2.75, 3.05) is 18.4 Å². The summed E-state index contributed by atoms with van der Waals surface area (Å²) in [6.45, 7) is 2.02. The minimum absolute atomic E-state index is 0.508. The van der Waals surface area contributed by atoms with E-state index in [0.717, 1.165) is 18.8 Å². The first kappa shape index (κ1) is 12.2. The molecule has 0 amide bonds. The van der Waals surface area contributed by atoms with Gasteiger partial charge in [0.25, 0.3) is 0 Å². The monoisotopic (exact) mass is 249 g/mol. The number of nitriles is 1. The lowest BCUT2D eigenvalue weighted by Gasteiger charge is -2.24. The van der Waals surface area contributed by atoms with E-state index < -0.39 is 0 Å². The first-order valence-electron chi connectivity index (χ1n) is 5.96. The Kier molecular flexibility index (Phi) is 4.24. The lowest BCUT2D eigenvalue weighted by Crippen LogP contribution is -2.39. The molecule has 2 N–H and O–H groups in total. The molecule has 90 valence electrons. The van der Waals surface area contributed by atoms with Gasteiger partial charge in [-0.3, -0.25) is 0 Å². The van der Waals surface area contributed by atoms with Crippen molar-refractivity contribution in [2.45, 2.75) is 25.3 Å². The van der Waals surface area contributed by atoms with E-state index in [2.05, 4.69) is 16.7 Å². The van der Waals surface area contributed by atoms with Gasteiger partial charge in [0, 0.05) is 18.3 Å². The van der Waals surface area contributed by atoms with Crippen LogP contribution in [0.4, 0.5) is 5.69 Å². The SMILES string of the molecule is N#Cc1ccc(NCC2CCCCN2)cc1Cl. The molecule has 0 aliphatic carbocycles. The summed E-state index contributed by atoms with van der Waals surface area (Å²) in [6.07, 6.45) is 3.80. The van der Waals surface area contributed by atoms with Crippen molar-refractivity contribution in [3.63, 3.8) is 0 Å². The van der Waals surface area contributed by atoms with Crippen molar-refractivity contribution in [2.24, 2.45) is 0 Å². The van der Waals surface area contributed by atoms with Crippen LogP contribution in [0.2, 0.25) is 5.02 Å². The zero-order valence-electron chi connectivity index (χ0n) is 9.67. The summed E-state index contributed by atoms with van der Waals surface area (Å²) in [6, 6.07) is 8.05. The van der Waals surface area contributed by atoms with Crippen molar-refractivity contribution < 1.29 is 0 Å². The summed E-state index contributed by atoms with van der Waals surface area (Å²) < 4.78 is 0. The van der Waals surface area contributed by atoms with Gasteiger partial charge in [-0.05, 0) is 37.6 Å². The van der Waals surface area contributed by atoms with Gasteiger partial charge in [-0.2, -0.15) is 5.26 Å². The fourth-order valence-corrected chi connectivity index (χ4v) is 2.28.